The molecule has 5 heteroatoms. The van der Waals surface area contributed by atoms with Crippen molar-refractivity contribution in [1.29, 1.82) is 0 Å². The van der Waals surface area contributed by atoms with E-state index >= 15 is 0 Å². The maximum Gasteiger partial charge on any atom is 0.240 e. The van der Waals surface area contributed by atoms with Gasteiger partial charge in [0.15, 0.2) is 0 Å². The van der Waals surface area contributed by atoms with Crippen LogP contribution in [0.1, 0.15) is 5.56 Å². The normalized spacial score (nSPS) is 23.2. The second kappa shape index (κ2) is 6.71. The van der Waals surface area contributed by atoms with Crippen LogP contribution >= 0.6 is 11.8 Å². The molecule has 1 N–H and O–H groups in total. The first kappa shape index (κ1) is 14.7. The fraction of sp³-hybridized carbons (Fsp3) is 0.562. The molecule has 4 nitrogen and oxygen atoms in total. The average Bonchev–Trinajstić information content (AvgIpc) is 2.56. The molecule has 0 radical (unpaired) electrons. The molecule has 21 heavy (non-hydrogen) atoms. The number of nitrogens with one attached hydrogen (secondary N) is 1. The highest BCUT2D eigenvalue weighted by molar-refractivity contribution is 7.99. The van der Waals surface area contributed by atoms with Crippen molar-refractivity contribution < 1.29 is 4.79 Å². The number of piperazine rings is 1. The van der Waals surface area contributed by atoms with E-state index in [1.54, 1.807) is 0 Å². The number of thioether (sulfide) groups is 1. The first-order valence-electron chi connectivity index (χ1n) is 7.66. The molecule has 1 amide bonds. The Kier molecular flexibility index (Phi) is 4.70. The molecule has 2 fully saturated rings. The Hall–Kier alpha value is -1.20. The summed E-state index contributed by atoms with van der Waals surface area (Å²) in [5.41, 5.74) is 2.61. The van der Waals surface area contributed by atoms with Crippen molar-refractivity contribution in [2.45, 2.75) is 13.0 Å². The third-order valence-corrected chi connectivity index (χ3v) is 5.33. The zero-order chi connectivity index (χ0) is 14.7. The average molecular weight is 305 g/mol. The molecule has 0 aliphatic carbocycles. The van der Waals surface area contributed by atoms with Crippen LogP contribution in [0.5, 0.6) is 0 Å². The van der Waals surface area contributed by atoms with Crippen LogP contribution in [-0.2, 0) is 4.79 Å². The number of rotatable bonds is 2. The molecule has 0 saturated carbocycles. The molecule has 0 aromatic heterocycles. The summed E-state index contributed by atoms with van der Waals surface area (Å²) in [6.07, 6.45) is 0. The van der Waals surface area contributed by atoms with E-state index in [1.807, 2.05) is 16.7 Å². The number of benzene rings is 1. The second-order valence-corrected chi connectivity index (χ2v) is 6.83. The minimum Gasteiger partial charge on any atom is -0.368 e. The minimum atomic E-state index is 0.0220. The summed E-state index contributed by atoms with van der Waals surface area (Å²) in [5.74, 6) is 2.31. The van der Waals surface area contributed by atoms with Gasteiger partial charge < -0.3 is 15.1 Å². The van der Waals surface area contributed by atoms with Gasteiger partial charge in [-0.2, -0.15) is 11.8 Å². The van der Waals surface area contributed by atoms with Gasteiger partial charge >= 0.3 is 0 Å². The van der Waals surface area contributed by atoms with Gasteiger partial charge in [-0.1, -0.05) is 18.2 Å². The summed E-state index contributed by atoms with van der Waals surface area (Å²) in [7, 11) is 0. The number of aryl methyl sites for hydroxylation is 1. The van der Waals surface area contributed by atoms with E-state index in [-0.39, 0.29) is 11.9 Å². The Morgan fingerprint density at radius 1 is 1.24 bits per heavy atom. The van der Waals surface area contributed by atoms with Crippen molar-refractivity contribution in [3.8, 4) is 0 Å². The Morgan fingerprint density at radius 2 is 2.00 bits per heavy atom. The van der Waals surface area contributed by atoms with Crippen LogP contribution < -0.4 is 10.2 Å². The van der Waals surface area contributed by atoms with Crippen molar-refractivity contribution >= 4 is 23.4 Å². The Morgan fingerprint density at radius 3 is 2.67 bits per heavy atom. The molecule has 0 spiro atoms. The van der Waals surface area contributed by atoms with Gasteiger partial charge in [-0.25, -0.2) is 0 Å². The maximum atomic E-state index is 12.5. The van der Waals surface area contributed by atoms with Crippen LogP contribution in [0.3, 0.4) is 0 Å². The quantitative estimate of drug-likeness (QED) is 0.895. The van der Waals surface area contributed by atoms with Gasteiger partial charge in [-0.15, -0.1) is 0 Å². The molecule has 2 aliphatic heterocycles. The summed E-state index contributed by atoms with van der Waals surface area (Å²) in [6.45, 7) is 6.61. The maximum absolute atomic E-state index is 12.5. The van der Waals surface area contributed by atoms with E-state index in [4.69, 9.17) is 0 Å². The minimum absolute atomic E-state index is 0.0220. The molecule has 3 rings (SSSR count). The Balaban J connectivity index is 1.57. The zero-order valence-corrected chi connectivity index (χ0v) is 13.4. The largest absolute Gasteiger partial charge is 0.368 e. The Bertz CT molecular complexity index is 494. The van der Waals surface area contributed by atoms with E-state index in [0.717, 1.165) is 44.2 Å². The first-order chi connectivity index (χ1) is 10.3. The van der Waals surface area contributed by atoms with Crippen LogP contribution in [-0.4, -0.2) is 61.1 Å². The smallest absolute Gasteiger partial charge is 0.240 e. The highest BCUT2D eigenvalue weighted by Gasteiger charge is 2.28. The van der Waals surface area contributed by atoms with E-state index in [9.17, 15) is 4.79 Å². The van der Waals surface area contributed by atoms with Crippen molar-refractivity contribution in [3.63, 3.8) is 0 Å². The molecular weight excluding hydrogens is 282 g/mol. The van der Waals surface area contributed by atoms with E-state index in [2.05, 4.69) is 41.4 Å². The van der Waals surface area contributed by atoms with Crippen LogP contribution in [0.25, 0.3) is 0 Å². The molecule has 2 saturated heterocycles. The second-order valence-electron chi connectivity index (χ2n) is 5.68. The zero-order valence-electron chi connectivity index (χ0n) is 12.5. The van der Waals surface area contributed by atoms with Gasteiger partial charge in [-0.3, -0.25) is 4.79 Å². The lowest BCUT2D eigenvalue weighted by molar-refractivity contribution is -0.133. The predicted molar refractivity (Wildman–Crippen MR) is 89.1 cm³/mol. The van der Waals surface area contributed by atoms with Gasteiger partial charge in [-0.05, 0) is 18.6 Å². The number of carbonyl (C=O) groups is 1. The summed E-state index contributed by atoms with van der Waals surface area (Å²) in [4.78, 5) is 16.9. The Labute approximate surface area is 130 Å². The monoisotopic (exact) mass is 305 g/mol. The highest BCUT2D eigenvalue weighted by Crippen LogP contribution is 2.21. The van der Waals surface area contributed by atoms with Gasteiger partial charge in [0.2, 0.25) is 5.91 Å². The van der Waals surface area contributed by atoms with E-state index in [0.29, 0.717) is 0 Å². The van der Waals surface area contributed by atoms with Crippen molar-refractivity contribution in [2.24, 2.45) is 0 Å². The number of amides is 1. The summed E-state index contributed by atoms with van der Waals surface area (Å²) in [6, 6.07) is 8.50. The van der Waals surface area contributed by atoms with Crippen LogP contribution in [0.4, 0.5) is 5.69 Å². The number of anilines is 1. The molecule has 2 aliphatic rings. The van der Waals surface area contributed by atoms with Crippen LogP contribution in [0, 0.1) is 6.92 Å². The van der Waals surface area contributed by atoms with E-state index in [1.165, 1.54) is 11.3 Å². The van der Waals surface area contributed by atoms with Gasteiger partial charge in [0.25, 0.3) is 0 Å². The molecule has 114 valence electrons. The highest BCUT2D eigenvalue weighted by atomic mass is 32.2. The summed E-state index contributed by atoms with van der Waals surface area (Å²) >= 11 is 1.87. The number of para-hydroxylation sites is 1. The molecule has 1 aromatic carbocycles. The first-order valence-corrected chi connectivity index (χ1v) is 8.81. The molecular formula is C16H23N3OS. The lowest BCUT2D eigenvalue weighted by Gasteiger charge is -2.38. The molecule has 1 atom stereocenters. The molecule has 2 heterocycles. The van der Waals surface area contributed by atoms with Crippen molar-refractivity contribution in [2.75, 3.05) is 49.1 Å². The van der Waals surface area contributed by atoms with Gasteiger partial charge in [0.1, 0.15) is 0 Å². The third kappa shape index (κ3) is 3.35. The SMILES string of the molecule is Cc1ccccc1N1CCN(C(=O)C2CSCCN2)CC1. The predicted octanol–water partition coefficient (Wildman–Crippen LogP) is 1.35. The lowest BCUT2D eigenvalue weighted by atomic mass is 10.1. The van der Waals surface area contributed by atoms with Gasteiger partial charge in [0, 0.05) is 49.9 Å². The van der Waals surface area contributed by atoms with Crippen molar-refractivity contribution in [1.82, 2.24) is 10.2 Å². The fourth-order valence-electron chi connectivity index (χ4n) is 3.03. The fourth-order valence-corrected chi connectivity index (χ4v) is 3.96. The molecule has 0 bridgehead atoms. The molecule has 1 unspecified atom stereocenters. The molecule has 1 aromatic rings. The van der Waals surface area contributed by atoms with Crippen LogP contribution in [0.15, 0.2) is 24.3 Å². The number of carbonyl (C=O) groups excluding carboxylic acids is 1. The summed E-state index contributed by atoms with van der Waals surface area (Å²) in [5, 5.41) is 3.34. The third-order valence-electron chi connectivity index (χ3n) is 4.27. The number of hydrogen-bond donors (Lipinski definition) is 1. The van der Waals surface area contributed by atoms with E-state index < -0.39 is 0 Å². The number of hydrogen-bond acceptors (Lipinski definition) is 4. The standard InChI is InChI=1S/C16H23N3OS/c1-13-4-2-3-5-15(13)18-7-9-19(10-8-18)16(20)14-12-21-11-6-17-14/h2-5,14,17H,6-12H2,1H3. The lowest BCUT2D eigenvalue weighted by Crippen LogP contribution is -2.56. The topological polar surface area (TPSA) is 35.6 Å². The summed E-state index contributed by atoms with van der Waals surface area (Å²) < 4.78 is 0. The van der Waals surface area contributed by atoms with Crippen molar-refractivity contribution in [3.05, 3.63) is 29.8 Å². The van der Waals surface area contributed by atoms with Crippen LogP contribution in [0.2, 0.25) is 0 Å². The van der Waals surface area contributed by atoms with Gasteiger partial charge in [0.05, 0.1) is 6.04 Å². The number of nitrogens with zero attached hydrogens (tertiary/aromatic N) is 2.